The van der Waals surface area contributed by atoms with Crippen LogP contribution in [0.4, 0.5) is 0 Å². The van der Waals surface area contributed by atoms with Crippen LogP contribution >= 0.6 is 0 Å². The Hall–Kier alpha value is -8.68. The van der Waals surface area contributed by atoms with Crippen molar-refractivity contribution in [3.05, 3.63) is 246 Å². The number of benzene rings is 7. The van der Waals surface area contributed by atoms with Crippen molar-refractivity contribution in [2.75, 3.05) is 0 Å². The van der Waals surface area contributed by atoms with Crippen molar-refractivity contribution in [1.29, 1.82) is 0 Å². The number of hydrogen-bond donors (Lipinski definition) is 0. The molecule has 0 N–H and O–H groups in total. The van der Waals surface area contributed by atoms with E-state index in [1.54, 1.807) is 36.4 Å². The van der Waals surface area contributed by atoms with E-state index < -0.39 is 25.5 Å². The second-order valence-electron chi connectivity index (χ2n) is 19.3. The standard InChI is InChI=1S/C69H50N7.Ir/c1-42-44(3)75-63-36-48(39-70-66(63)56-23-13-15-25-59(56)68(75)73-42)29-27-46-33-47(28-30-49-37-64-67(71-40-49)57-24-14-16-26-60(57)69-74-43(2)45(4)76(64)69)35-53(34-46)54-21-11-12-22-55(54)62-41-72-65(51-19-9-6-10-20-51)58-32-31-52(38-61(58)62)50-17-7-5-8-18-50;/h5-19,21-22,25-26,31-41H,27-30H2,1-4H3;/q-3;+3/i27D2,28D2,29D2,30D2;. The van der Waals surface area contributed by atoms with Gasteiger partial charge in [-0.1, -0.05) is 95.7 Å². The van der Waals surface area contributed by atoms with Gasteiger partial charge in [0, 0.05) is 68.6 Å². The van der Waals surface area contributed by atoms with Gasteiger partial charge in [0.15, 0.2) is 0 Å². The normalized spacial score (nSPS) is 14.0. The van der Waals surface area contributed by atoms with Crippen LogP contribution < -0.4 is 0 Å². The van der Waals surface area contributed by atoms with Gasteiger partial charge in [-0.2, -0.15) is 0 Å². The van der Waals surface area contributed by atoms with Crippen molar-refractivity contribution < 1.29 is 31.1 Å². The van der Waals surface area contributed by atoms with Crippen molar-refractivity contribution in [2.45, 2.75) is 53.2 Å². The first kappa shape index (κ1) is 39.7. The maximum atomic E-state index is 10.1. The van der Waals surface area contributed by atoms with Crippen molar-refractivity contribution in [3.63, 3.8) is 0 Å². The topological polar surface area (TPSA) is 73.3 Å². The summed E-state index contributed by atoms with van der Waals surface area (Å²) in [5, 5.41) is 4.72. The fourth-order valence-corrected chi connectivity index (χ4v) is 10.8. The zero-order chi connectivity index (χ0) is 58.2. The van der Waals surface area contributed by atoms with Gasteiger partial charge in [0.05, 0.1) is 11.4 Å². The minimum absolute atomic E-state index is 0. The minimum Gasteiger partial charge on any atom is -0.311 e. The summed E-state index contributed by atoms with van der Waals surface area (Å²) < 4.78 is 84.2. The largest absolute Gasteiger partial charge is 3.00 e. The summed E-state index contributed by atoms with van der Waals surface area (Å²) in [5.41, 5.74) is 11.8. The summed E-state index contributed by atoms with van der Waals surface area (Å²) in [5.74, 6) is 0. The van der Waals surface area contributed by atoms with Crippen molar-refractivity contribution in [1.82, 2.24) is 33.7 Å². The van der Waals surface area contributed by atoms with Gasteiger partial charge in [-0.05, 0) is 138 Å². The number of imidazole rings is 2. The van der Waals surface area contributed by atoms with Crippen LogP contribution in [0.15, 0.2) is 182 Å². The molecule has 7 aromatic heterocycles. The Labute approximate surface area is 471 Å². The molecule has 8 heteroatoms. The number of pyridine rings is 5. The van der Waals surface area contributed by atoms with Crippen LogP contribution in [-0.4, -0.2) is 33.7 Å². The maximum absolute atomic E-state index is 10.1. The summed E-state index contributed by atoms with van der Waals surface area (Å²) >= 11 is 0. The Morgan fingerprint density at radius 2 is 0.987 bits per heavy atom. The quantitative estimate of drug-likeness (QED) is 0.101. The number of nitrogens with zero attached hydrogens (tertiary/aromatic N) is 7. The first-order chi connectivity index (χ1) is 40.3. The van der Waals surface area contributed by atoms with E-state index in [-0.39, 0.29) is 42.4 Å². The van der Waals surface area contributed by atoms with Gasteiger partial charge in [0.25, 0.3) is 0 Å². The van der Waals surface area contributed by atoms with Crippen LogP contribution in [0.3, 0.4) is 0 Å². The number of aryl methyl sites for hydroxylation is 8. The van der Waals surface area contributed by atoms with Crippen LogP contribution in [0.5, 0.6) is 0 Å². The Bertz CT molecular complexity index is 4840. The summed E-state index contributed by atoms with van der Waals surface area (Å²) in [4.78, 5) is 24.5. The molecule has 7 heterocycles. The molecule has 77 heavy (non-hydrogen) atoms. The molecule has 0 fully saturated rings. The van der Waals surface area contributed by atoms with E-state index in [9.17, 15) is 11.0 Å². The Morgan fingerprint density at radius 1 is 0.429 bits per heavy atom. The number of aromatic nitrogens is 7. The van der Waals surface area contributed by atoms with Crippen molar-refractivity contribution in [2.24, 2.45) is 0 Å². The molecular formula is C69H50IrN7. The molecule has 0 spiro atoms. The minimum atomic E-state index is -2.93. The molecule has 0 saturated carbocycles. The summed E-state index contributed by atoms with van der Waals surface area (Å²) in [6.45, 7) is 7.67. The maximum Gasteiger partial charge on any atom is 3.00 e. The number of rotatable bonds is 10. The molecule has 7 aromatic carbocycles. The van der Waals surface area contributed by atoms with Gasteiger partial charge in [-0.3, -0.25) is 0 Å². The monoisotopic (exact) mass is 1180 g/mol. The molecule has 0 atom stereocenters. The molecule has 0 aliphatic rings. The molecule has 0 saturated heterocycles. The second-order valence-corrected chi connectivity index (χ2v) is 19.3. The van der Waals surface area contributed by atoms with E-state index in [4.69, 9.17) is 24.9 Å². The molecule has 0 unspecified atom stereocenters. The van der Waals surface area contributed by atoms with Crippen molar-refractivity contribution in [3.8, 4) is 44.6 Å². The van der Waals surface area contributed by atoms with Gasteiger partial charge in [-0.25, -0.2) is 9.97 Å². The third-order valence-electron chi connectivity index (χ3n) is 14.7. The van der Waals surface area contributed by atoms with E-state index in [1.807, 2.05) is 134 Å². The zero-order valence-corrected chi connectivity index (χ0v) is 44.7. The zero-order valence-electron chi connectivity index (χ0n) is 50.3. The van der Waals surface area contributed by atoms with E-state index in [1.165, 1.54) is 18.5 Å². The van der Waals surface area contributed by atoms with E-state index in [0.717, 1.165) is 72.3 Å². The second kappa shape index (κ2) is 19.5. The molecule has 0 amide bonds. The van der Waals surface area contributed by atoms with Gasteiger partial charge < -0.3 is 23.8 Å². The molecule has 0 aliphatic carbocycles. The average Bonchev–Trinajstić information content (AvgIpc) is 2.81. The SMILES string of the molecule is [2H]C([2H])(c1cc(-c2ccccc2-c2cnc(-c3[c-]cccc3)c3ccc(-c4ccccc4)cc23)cc(C([2H])([2H])C([2H])([2H])c2cnc3c4[c-]cccc4c4nc(C)c(C)n4c3c2)c1)C([2H])([2H])c1cnc2c3[c-]cccc3c3nc(C)c(C)n3c2c1.[Ir+3]. The first-order valence-electron chi connectivity index (χ1n) is 29.2. The number of fused-ring (bicyclic) bond motifs is 13. The molecule has 0 bridgehead atoms. The van der Waals surface area contributed by atoms with Crippen LogP contribution in [-0.2, 0) is 45.6 Å². The smallest absolute Gasteiger partial charge is 0.311 e. The van der Waals surface area contributed by atoms with Gasteiger partial charge in [0.2, 0.25) is 0 Å². The van der Waals surface area contributed by atoms with Crippen molar-refractivity contribution >= 4 is 65.7 Å². The van der Waals surface area contributed by atoms with Gasteiger partial charge in [-0.15, -0.1) is 95.2 Å². The van der Waals surface area contributed by atoms with Crippen LogP contribution in [0.1, 0.15) is 56.0 Å². The van der Waals surface area contributed by atoms with Crippen LogP contribution in [0, 0.1) is 45.9 Å². The fourth-order valence-electron chi connectivity index (χ4n) is 10.8. The summed E-state index contributed by atoms with van der Waals surface area (Å²) in [6, 6.07) is 60.3. The summed E-state index contributed by atoms with van der Waals surface area (Å²) in [7, 11) is 0. The predicted molar refractivity (Wildman–Crippen MR) is 310 cm³/mol. The van der Waals surface area contributed by atoms with E-state index in [0.29, 0.717) is 60.8 Å². The Kier molecular flexibility index (Phi) is 10.0. The molecule has 370 valence electrons. The predicted octanol–water partition coefficient (Wildman–Crippen LogP) is 15.8. The molecule has 0 aliphatic heterocycles. The average molecular weight is 1180 g/mol. The van der Waals surface area contributed by atoms with Crippen LogP contribution in [0.25, 0.3) is 110 Å². The van der Waals surface area contributed by atoms with E-state index in [2.05, 4.69) is 48.5 Å². The molecule has 14 rings (SSSR count). The third kappa shape index (κ3) is 8.27. The third-order valence-corrected chi connectivity index (χ3v) is 14.7. The van der Waals surface area contributed by atoms with E-state index >= 15 is 0 Å². The summed E-state index contributed by atoms with van der Waals surface area (Å²) in [6.07, 6.45) is -7.00. The molecule has 0 radical (unpaired) electrons. The van der Waals surface area contributed by atoms with Gasteiger partial charge in [0.1, 0.15) is 11.3 Å². The Morgan fingerprint density at radius 3 is 1.58 bits per heavy atom. The Balaban J connectivity index is 0.00000672. The molecule has 7 nitrogen and oxygen atoms in total. The van der Waals surface area contributed by atoms with Gasteiger partial charge >= 0.3 is 20.1 Å². The molecular weight excluding hydrogens is 1120 g/mol. The molecule has 14 aromatic rings. The van der Waals surface area contributed by atoms with Crippen LogP contribution in [0.2, 0.25) is 0 Å². The first-order valence-corrected chi connectivity index (χ1v) is 25.2. The fraction of sp³-hybridized carbons (Fsp3) is 0.116. The number of hydrogen-bond acceptors (Lipinski definition) is 5.